The highest BCUT2D eigenvalue weighted by molar-refractivity contribution is 9.10. The maximum atomic E-state index is 13.3. The number of nitrogens with two attached hydrogens (primary N) is 1. The normalized spacial score (nSPS) is 10.3. The second-order valence-corrected chi connectivity index (χ2v) is 4.82. The van der Waals surface area contributed by atoms with E-state index in [9.17, 15) is 9.18 Å². The molecule has 0 aliphatic carbocycles. The van der Waals surface area contributed by atoms with Gasteiger partial charge in [-0.05, 0) is 36.4 Å². The van der Waals surface area contributed by atoms with Gasteiger partial charge in [0.15, 0.2) is 5.78 Å². The van der Waals surface area contributed by atoms with Gasteiger partial charge >= 0.3 is 0 Å². The molecule has 0 aliphatic rings. The van der Waals surface area contributed by atoms with Crippen molar-refractivity contribution in [2.24, 2.45) is 0 Å². The molecule has 19 heavy (non-hydrogen) atoms. The number of halogens is 2. The molecule has 0 atom stereocenters. The summed E-state index contributed by atoms with van der Waals surface area (Å²) in [7, 11) is 1.43. The largest absolute Gasteiger partial charge is 0.496 e. The molecule has 98 valence electrons. The first kappa shape index (κ1) is 13.5. The van der Waals surface area contributed by atoms with Gasteiger partial charge in [-0.25, -0.2) is 4.39 Å². The highest BCUT2D eigenvalue weighted by Gasteiger charge is 2.17. The van der Waals surface area contributed by atoms with Crippen molar-refractivity contribution in [3.8, 4) is 5.75 Å². The molecule has 0 aliphatic heterocycles. The molecule has 2 rings (SSSR count). The Morgan fingerprint density at radius 1 is 1.21 bits per heavy atom. The fraction of sp³-hybridized carbons (Fsp3) is 0.0714. The summed E-state index contributed by atoms with van der Waals surface area (Å²) in [5.74, 6) is -0.560. The first-order valence-corrected chi connectivity index (χ1v) is 6.25. The Hall–Kier alpha value is -1.88. The van der Waals surface area contributed by atoms with Gasteiger partial charge in [0.1, 0.15) is 11.6 Å². The lowest BCUT2D eigenvalue weighted by Crippen LogP contribution is -2.07. The highest BCUT2D eigenvalue weighted by Crippen LogP contribution is 2.26. The van der Waals surface area contributed by atoms with E-state index in [1.54, 1.807) is 18.2 Å². The van der Waals surface area contributed by atoms with E-state index in [-0.39, 0.29) is 11.3 Å². The van der Waals surface area contributed by atoms with Gasteiger partial charge in [-0.3, -0.25) is 4.79 Å². The number of ketones is 1. The Morgan fingerprint density at radius 2 is 1.95 bits per heavy atom. The number of rotatable bonds is 3. The summed E-state index contributed by atoms with van der Waals surface area (Å²) in [5, 5.41) is 0. The van der Waals surface area contributed by atoms with Crippen molar-refractivity contribution in [1.82, 2.24) is 0 Å². The average Bonchev–Trinajstić information content (AvgIpc) is 2.38. The molecule has 3 nitrogen and oxygen atoms in total. The van der Waals surface area contributed by atoms with E-state index in [1.807, 2.05) is 0 Å². The lowest BCUT2D eigenvalue weighted by atomic mass is 10.0. The van der Waals surface area contributed by atoms with Crippen LogP contribution in [0.5, 0.6) is 5.75 Å². The van der Waals surface area contributed by atoms with Gasteiger partial charge in [0.2, 0.25) is 0 Å². The number of methoxy groups -OCH3 is 1. The van der Waals surface area contributed by atoms with Gasteiger partial charge in [0.05, 0.1) is 12.7 Å². The van der Waals surface area contributed by atoms with E-state index in [4.69, 9.17) is 10.5 Å². The van der Waals surface area contributed by atoms with Crippen LogP contribution in [-0.2, 0) is 0 Å². The second-order valence-electron chi connectivity index (χ2n) is 3.91. The van der Waals surface area contributed by atoms with Crippen LogP contribution in [-0.4, -0.2) is 12.9 Å². The smallest absolute Gasteiger partial charge is 0.198 e. The van der Waals surface area contributed by atoms with Crippen molar-refractivity contribution in [1.29, 1.82) is 0 Å². The molecule has 0 heterocycles. The van der Waals surface area contributed by atoms with Gasteiger partial charge in [0, 0.05) is 15.7 Å². The number of carbonyl (C=O) groups is 1. The van der Waals surface area contributed by atoms with Gasteiger partial charge in [-0.15, -0.1) is 0 Å². The summed E-state index contributed by atoms with van der Waals surface area (Å²) >= 11 is 3.27. The Kier molecular flexibility index (Phi) is 3.85. The molecule has 5 heteroatoms. The summed E-state index contributed by atoms with van der Waals surface area (Å²) in [6, 6.07) is 8.71. The molecule has 0 aromatic heterocycles. The third-order valence-corrected chi connectivity index (χ3v) is 3.16. The zero-order valence-corrected chi connectivity index (χ0v) is 11.7. The number of nitrogen functional groups attached to an aromatic ring is 1. The van der Waals surface area contributed by atoms with E-state index in [0.29, 0.717) is 17.0 Å². The Morgan fingerprint density at radius 3 is 2.58 bits per heavy atom. The van der Waals surface area contributed by atoms with Crippen LogP contribution >= 0.6 is 15.9 Å². The van der Waals surface area contributed by atoms with Crippen LogP contribution in [0.2, 0.25) is 0 Å². The molecule has 0 saturated carbocycles. The van der Waals surface area contributed by atoms with Crippen LogP contribution in [0.1, 0.15) is 15.9 Å². The van der Waals surface area contributed by atoms with E-state index in [2.05, 4.69) is 15.9 Å². The van der Waals surface area contributed by atoms with E-state index in [1.165, 1.54) is 19.2 Å². The first-order chi connectivity index (χ1) is 9.02. The van der Waals surface area contributed by atoms with Crippen LogP contribution < -0.4 is 10.5 Å². The SMILES string of the molecule is COc1ccc(F)cc1C(=O)c1ccc(Br)cc1N. The maximum Gasteiger partial charge on any atom is 0.198 e. The minimum absolute atomic E-state index is 0.150. The Labute approximate surface area is 118 Å². The highest BCUT2D eigenvalue weighted by atomic mass is 79.9. The molecule has 0 spiro atoms. The monoisotopic (exact) mass is 323 g/mol. The fourth-order valence-electron chi connectivity index (χ4n) is 1.74. The number of carbonyl (C=O) groups excluding carboxylic acids is 1. The molecular formula is C14H11BrFNO2. The van der Waals surface area contributed by atoms with E-state index in [0.717, 1.165) is 10.5 Å². The predicted octanol–water partition coefficient (Wildman–Crippen LogP) is 3.41. The zero-order valence-electron chi connectivity index (χ0n) is 10.1. The summed E-state index contributed by atoms with van der Waals surface area (Å²) in [4.78, 5) is 12.4. The van der Waals surface area contributed by atoms with Crippen LogP contribution in [0.15, 0.2) is 40.9 Å². The molecule has 2 N–H and O–H groups in total. The Bertz CT molecular complexity index is 643. The van der Waals surface area contributed by atoms with E-state index < -0.39 is 5.82 Å². The van der Waals surface area contributed by atoms with Crippen molar-refractivity contribution in [3.05, 3.63) is 57.8 Å². The van der Waals surface area contributed by atoms with Crippen LogP contribution in [0, 0.1) is 5.82 Å². The topological polar surface area (TPSA) is 52.3 Å². The minimum atomic E-state index is -0.500. The number of ether oxygens (including phenoxy) is 1. The quantitative estimate of drug-likeness (QED) is 0.695. The molecule has 0 amide bonds. The van der Waals surface area contributed by atoms with Crippen LogP contribution in [0.25, 0.3) is 0 Å². The third kappa shape index (κ3) is 2.76. The third-order valence-electron chi connectivity index (χ3n) is 2.66. The molecular weight excluding hydrogens is 313 g/mol. The van der Waals surface area contributed by atoms with Crippen molar-refractivity contribution >= 4 is 27.4 Å². The number of hydrogen-bond donors (Lipinski definition) is 1. The molecule has 0 radical (unpaired) electrons. The van der Waals surface area contributed by atoms with Gasteiger partial charge in [0.25, 0.3) is 0 Å². The zero-order chi connectivity index (χ0) is 14.0. The lowest BCUT2D eigenvalue weighted by molar-refractivity contribution is 0.103. The van der Waals surface area contributed by atoms with Crippen LogP contribution in [0.4, 0.5) is 10.1 Å². The summed E-state index contributed by atoms with van der Waals surface area (Å²) in [5.41, 5.74) is 6.59. The van der Waals surface area contributed by atoms with Crippen molar-refractivity contribution in [3.63, 3.8) is 0 Å². The Balaban J connectivity index is 2.52. The maximum absolute atomic E-state index is 13.3. The number of hydrogen-bond acceptors (Lipinski definition) is 3. The fourth-order valence-corrected chi connectivity index (χ4v) is 2.12. The van der Waals surface area contributed by atoms with Crippen molar-refractivity contribution in [2.75, 3.05) is 12.8 Å². The molecule has 0 saturated heterocycles. The van der Waals surface area contributed by atoms with Crippen molar-refractivity contribution < 1.29 is 13.9 Å². The van der Waals surface area contributed by atoms with Crippen LogP contribution in [0.3, 0.4) is 0 Å². The summed E-state index contributed by atoms with van der Waals surface area (Å²) < 4.78 is 19.1. The standard InChI is InChI=1S/C14H11BrFNO2/c1-19-13-5-3-9(16)7-11(13)14(18)10-4-2-8(15)6-12(10)17/h2-7H,17H2,1H3. The predicted molar refractivity (Wildman–Crippen MR) is 74.9 cm³/mol. The van der Waals surface area contributed by atoms with Gasteiger partial charge < -0.3 is 10.5 Å². The van der Waals surface area contributed by atoms with E-state index >= 15 is 0 Å². The average molecular weight is 324 g/mol. The van der Waals surface area contributed by atoms with Gasteiger partial charge in [-0.1, -0.05) is 15.9 Å². The molecule has 2 aromatic carbocycles. The minimum Gasteiger partial charge on any atom is -0.496 e. The molecule has 2 aromatic rings. The molecule has 0 fully saturated rings. The first-order valence-electron chi connectivity index (χ1n) is 5.46. The van der Waals surface area contributed by atoms with Gasteiger partial charge in [-0.2, -0.15) is 0 Å². The molecule has 0 bridgehead atoms. The second kappa shape index (κ2) is 5.40. The van der Waals surface area contributed by atoms with Crippen molar-refractivity contribution in [2.45, 2.75) is 0 Å². The number of anilines is 1. The number of benzene rings is 2. The summed E-state index contributed by atoms with van der Waals surface area (Å²) in [6.07, 6.45) is 0. The summed E-state index contributed by atoms with van der Waals surface area (Å²) in [6.45, 7) is 0. The molecule has 0 unspecified atom stereocenters. The lowest BCUT2D eigenvalue weighted by Gasteiger charge is -2.09.